The first kappa shape index (κ1) is 24.8. The van der Waals surface area contributed by atoms with Gasteiger partial charge < -0.3 is 15.6 Å². The fraction of sp³-hybridized carbons (Fsp3) is 0.391. The normalized spacial score (nSPS) is 19.1. The predicted molar refractivity (Wildman–Crippen MR) is 128 cm³/mol. The number of amides is 2. The van der Waals surface area contributed by atoms with Crippen LogP contribution in [0.4, 0.5) is 23.7 Å². The number of hydrazone groups is 1. The Balaban J connectivity index is 1.50. The molecule has 0 saturated carbocycles. The van der Waals surface area contributed by atoms with Gasteiger partial charge in [-0.05, 0) is 54.7 Å². The summed E-state index contributed by atoms with van der Waals surface area (Å²) in [4.78, 5) is 18.7. The van der Waals surface area contributed by atoms with Crippen LogP contribution in [0.1, 0.15) is 29.3 Å². The van der Waals surface area contributed by atoms with Gasteiger partial charge in [0.05, 0.1) is 23.8 Å². The van der Waals surface area contributed by atoms with Gasteiger partial charge in [-0.2, -0.15) is 18.3 Å². The summed E-state index contributed by atoms with van der Waals surface area (Å²) in [6.45, 7) is 0.0420. The molecule has 1 aromatic carbocycles. The summed E-state index contributed by atoms with van der Waals surface area (Å²) in [5.41, 5.74) is 5.10. The monoisotopic (exact) mass is 507 g/mol. The molecule has 2 atom stereocenters. The van der Waals surface area contributed by atoms with Crippen LogP contribution >= 0.6 is 11.6 Å². The fourth-order valence-electron chi connectivity index (χ4n) is 4.48. The fourth-order valence-corrected chi connectivity index (χ4v) is 4.68. The maximum Gasteiger partial charge on any atom is 0.414 e. The highest BCUT2D eigenvalue weighted by Crippen LogP contribution is 2.39. The number of anilines is 1. The molecule has 1 aliphatic carbocycles. The van der Waals surface area contributed by atoms with Crippen molar-refractivity contribution in [1.29, 1.82) is 5.41 Å². The van der Waals surface area contributed by atoms with Gasteiger partial charge in [0.15, 0.2) is 6.04 Å². The number of nitrogens with one attached hydrogen (secondary N) is 3. The van der Waals surface area contributed by atoms with Gasteiger partial charge in [0.25, 0.3) is 0 Å². The van der Waals surface area contributed by atoms with Crippen LogP contribution in [0.15, 0.2) is 41.6 Å². The number of benzene rings is 1. The van der Waals surface area contributed by atoms with Gasteiger partial charge in [0, 0.05) is 31.2 Å². The summed E-state index contributed by atoms with van der Waals surface area (Å²) >= 11 is 6.06. The van der Waals surface area contributed by atoms with Crippen LogP contribution in [0.5, 0.6) is 0 Å². The number of rotatable bonds is 6. The van der Waals surface area contributed by atoms with Gasteiger partial charge in [-0.1, -0.05) is 17.7 Å². The van der Waals surface area contributed by atoms with Crippen molar-refractivity contribution < 1.29 is 18.0 Å². The highest BCUT2D eigenvalue weighted by molar-refractivity contribution is 6.31. The third-order valence-corrected chi connectivity index (χ3v) is 6.26. The van der Waals surface area contributed by atoms with Crippen molar-refractivity contribution in [2.75, 3.05) is 25.5 Å². The highest BCUT2D eigenvalue weighted by Gasteiger charge is 2.49. The zero-order valence-corrected chi connectivity index (χ0v) is 19.7. The van der Waals surface area contributed by atoms with Crippen LogP contribution in [0, 0.1) is 5.41 Å². The average molecular weight is 508 g/mol. The lowest BCUT2D eigenvalue weighted by Crippen LogP contribution is -2.55. The Morgan fingerprint density at radius 1 is 1.26 bits per heavy atom. The second-order valence-electron chi connectivity index (χ2n) is 8.43. The van der Waals surface area contributed by atoms with E-state index < -0.39 is 18.2 Å². The number of pyridine rings is 1. The number of urea groups is 1. The molecule has 1 fully saturated rings. The van der Waals surface area contributed by atoms with E-state index in [0.717, 1.165) is 34.4 Å². The van der Waals surface area contributed by atoms with Crippen LogP contribution in [0.25, 0.3) is 0 Å². The average Bonchev–Trinajstić information content (AvgIpc) is 3.20. The quantitative estimate of drug-likeness (QED) is 0.310. The third-order valence-electron chi connectivity index (χ3n) is 6.02. The number of fused-ring (bicyclic) bond motifs is 1. The van der Waals surface area contributed by atoms with E-state index in [-0.39, 0.29) is 37.1 Å². The minimum Gasteiger partial charge on any atom is -0.380 e. The Bertz CT molecular complexity index is 1120. The predicted octanol–water partition coefficient (Wildman–Crippen LogP) is 4.23. The lowest BCUT2D eigenvalue weighted by Gasteiger charge is -2.39. The van der Waals surface area contributed by atoms with Gasteiger partial charge in [0.2, 0.25) is 0 Å². The standard InChI is InChI=1S/C23H25ClF3N7O/c1-29-31-13-20(28)33-7-2-8-34(22(33)35)21(23(25,26)27)19-6-5-17(12-30-19)32-18-10-14-3-4-16(24)9-15(14)11-18/h3-6,9,12-13,18,21,28-29,32H,2,7-8,10-11H2,1H3/b28-20?,31-13-. The second-order valence-corrected chi connectivity index (χ2v) is 8.86. The summed E-state index contributed by atoms with van der Waals surface area (Å²) in [5, 5.41) is 15.6. The molecule has 1 aromatic heterocycles. The number of halogens is 4. The molecule has 2 aromatic rings. The largest absolute Gasteiger partial charge is 0.414 e. The Morgan fingerprint density at radius 2 is 2.03 bits per heavy atom. The summed E-state index contributed by atoms with van der Waals surface area (Å²) < 4.78 is 42.4. The van der Waals surface area contributed by atoms with Crippen molar-refractivity contribution in [3.05, 3.63) is 58.4 Å². The number of nitrogens with zero attached hydrogens (tertiary/aromatic N) is 4. The summed E-state index contributed by atoms with van der Waals surface area (Å²) in [5.74, 6) is -0.290. The Hall–Kier alpha value is -3.34. The molecule has 12 heteroatoms. The van der Waals surface area contributed by atoms with Crippen LogP contribution in [-0.4, -0.2) is 65.2 Å². The summed E-state index contributed by atoms with van der Waals surface area (Å²) in [6, 6.07) is 5.54. The minimum atomic E-state index is -4.74. The van der Waals surface area contributed by atoms with Crippen LogP contribution in [-0.2, 0) is 12.8 Å². The molecule has 186 valence electrons. The Labute approximate surface area is 205 Å². The van der Waals surface area contributed by atoms with Gasteiger partial charge in [-0.3, -0.25) is 15.3 Å². The van der Waals surface area contributed by atoms with E-state index >= 15 is 0 Å². The van der Waals surface area contributed by atoms with Gasteiger partial charge in [-0.15, -0.1) is 0 Å². The maximum absolute atomic E-state index is 14.1. The topological polar surface area (TPSA) is 96.7 Å². The first-order valence-electron chi connectivity index (χ1n) is 11.1. The molecule has 0 radical (unpaired) electrons. The molecule has 4 rings (SSSR count). The molecule has 1 saturated heterocycles. The van der Waals surface area contributed by atoms with Crippen LogP contribution in [0.3, 0.4) is 0 Å². The van der Waals surface area contributed by atoms with Gasteiger partial charge in [0.1, 0.15) is 5.84 Å². The van der Waals surface area contributed by atoms with Crippen LogP contribution in [0.2, 0.25) is 5.02 Å². The lowest BCUT2D eigenvalue weighted by molar-refractivity contribution is -0.181. The van der Waals surface area contributed by atoms with Crippen molar-refractivity contribution >= 4 is 35.4 Å². The lowest BCUT2D eigenvalue weighted by atomic mass is 10.1. The number of amidine groups is 1. The van der Waals surface area contributed by atoms with Crippen molar-refractivity contribution in [2.24, 2.45) is 5.10 Å². The molecule has 3 N–H and O–H groups in total. The van der Waals surface area contributed by atoms with Crippen molar-refractivity contribution in [2.45, 2.75) is 37.5 Å². The highest BCUT2D eigenvalue weighted by atomic mass is 35.5. The van der Waals surface area contributed by atoms with Crippen molar-refractivity contribution in [3.8, 4) is 0 Å². The zero-order chi connectivity index (χ0) is 25.2. The van der Waals surface area contributed by atoms with Gasteiger partial charge in [-0.25, -0.2) is 4.79 Å². The molecule has 0 bridgehead atoms. The molecule has 8 nitrogen and oxygen atoms in total. The molecule has 35 heavy (non-hydrogen) atoms. The van der Waals surface area contributed by atoms with Gasteiger partial charge >= 0.3 is 12.2 Å². The van der Waals surface area contributed by atoms with E-state index in [1.165, 1.54) is 24.9 Å². The number of aromatic nitrogens is 1. The number of hydrogen-bond acceptors (Lipinski definition) is 6. The maximum atomic E-state index is 14.1. The van der Waals surface area contributed by atoms with E-state index in [1.54, 1.807) is 6.07 Å². The Morgan fingerprint density at radius 3 is 2.71 bits per heavy atom. The van der Waals surface area contributed by atoms with Crippen molar-refractivity contribution in [3.63, 3.8) is 0 Å². The van der Waals surface area contributed by atoms with E-state index in [9.17, 15) is 18.0 Å². The first-order valence-corrected chi connectivity index (χ1v) is 11.5. The number of carbonyl (C=O) groups excluding carboxylic acids is 1. The molecule has 2 amide bonds. The van der Waals surface area contributed by atoms with Crippen LogP contribution < -0.4 is 10.7 Å². The number of alkyl halides is 3. The molecule has 2 heterocycles. The van der Waals surface area contributed by atoms with E-state index in [1.807, 2.05) is 18.2 Å². The third kappa shape index (κ3) is 5.50. The number of carbonyl (C=O) groups is 1. The smallest absolute Gasteiger partial charge is 0.380 e. The summed E-state index contributed by atoms with van der Waals surface area (Å²) in [6.07, 6.45) is -0.492. The SMILES string of the molecule is CN/N=C\C(=N)N1CCCN(C(c2ccc(NC3Cc4ccc(Cl)cc4C3)cn2)C(F)(F)F)C1=O. The minimum absolute atomic E-state index is 0.0806. The molecule has 0 spiro atoms. The molecule has 1 aliphatic heterocycles. The summed E-state index contributed by atoms with van der Waals surface area (Å²) in [7, 11) is 1.51. The molecule has 2 unspecified atom stereocenters. The van der Waals surface area contributed by atoms with E-state index in [2.05, 4.69) is 20.8 Å². The van der Waals surface area contributed by atoms with E-state index in [4.69, 9.17) is 17.0 Å². The zero-order valence-electron chi connectivity index (χ0n) is 18.9. The molecule has 2 aliphatic rings. The van der Waals surface area contributed by atoms with E-state index in [0.29, 0.717) is 10.7 Å². The van der Waals surface area contributed by atoms with Crippen molar-refractivity contribution in [1.82, 2.24) is 20.2 Å². The Kier molecular flexibility index (Phi) is 7.15. The molecular weight excluding hydrogens is 483 g/mol. The molecular formula is C23H25ClF3N7O. The first-order chi connectivity index (χ1) is 16.7. The number of hydrogen-bond donors (Lipinski definition) is 3. The second kappa shape index (κ2) is 10.1.